The van der Waals surface area contributed by atoms with Crippen molar-refractivity contribution in [1.29, 1.82) is 0 Å². The molecule has 0 bridgehead atoms. The van der Waals surface area contributed by atoms with Gasteiger partial charge in [-0.1, -0.05) is 0 Å². The van der Waals surface area contributed by atoms with E-state index in [9.17, 15) is 8.78 Å². The topological polar surface area (TPSA) is 21.1 Å². The van der Waals surface area contributed by atoms with Crippen molar-refractivity contribution in [2.45, 2.75) is 6.92 Å². The SMILES string of the molecule is Cc1c(F)cc2cnn(-c3ccc(N4CC5(CSC5)C4)cc3)c2c1F. The van der Waals surface area contributed by atoms with Crippen molar-refractivity contribution in [3.8, 4) is 5.69 Å². The zero-order valence-corrected chi connectivity index (χ0v) is 14.6. The van der Waals surface area contributed by atoms with Crippen molar-refractivity contribution >= 4 is 28.4 Å². The zero-order chi connectivity index (χ0) is 17.2. The molecule has 2 aromatic carbocycles. The van der Waals surface area contributed by atoms with Gasteiger partial charge < -0.3 is 4.90 Å². The molecular weight excluding hydrogens is 340 g/mol. The van der Waals surface area contributed by atoms with Gasteiger partial charge in [0.2, 0.25) is 0 Å². The molecule has 0 amide bonds. The standard InChI is InChI=1S/C19H17F2N3S/c1-12-16(20)6-13-7-22-24(18(13)17(12)21)15-4-2-14(3-5-15)23-8-19(9-23)10-25-11-19/h2-7H,8-11H2,1H3. The van der Waals surface area contributed by atoms with Gasteiger partial charge in [-0.3, -0.25) is 0 Å². The fourth-order valence-corrected chi connectivity index (χ4v) is 4.88. The van der Waals surface area contributed by atoms with Gasteiger partial charge in [0.25, 0.3) is 0 Å². The Kier molecular flexibility index (Phi) is 3.17. The fourth-order valence-electron chi connectivity index (χ4n) is 3.73. The van der Waals surface area contributed by atoms with Crippen LogP contribution in [0.25, 0.3) is 16.6 Å². The monoisotopic (exact) mass is 357 g/mol. The number of anilines is 1. The average molecular weight is 357 g/mol. The van der Waals surface area contributed by atoms with Crippen LogP contribution in [-0.4, -0.2) is 34.4 Å². The van der Waals surface area contributed by atoms with E-state index in [4.69, 9.17) is 0 Å². The Balaban J connectivity index is 1.48. The maximum Gasteiger partial charge on any atom is 0.155 e. The molecule has 0 saturated carbocycles. The van der Waals surface area contributed by atoms with Crippen LogP contribution in [0.2, 0.25) is 0 Å². The van der Waals surface area contributed by atoms with Crippen LogP contribution in [0.1, 0.15) is 5.56 Å². The third-order valence-electron chi connectivity index (χ3n) is 5.30. The first-order valence-corrected chi connectivity index (χ1v) is 9.47. The third-order valence-corrected chi connectivity index (χ3v) is 6.94. The Morgan fingerprint density at radius 1 is 1.08 bits per heavy atom. The van der Waals surface area contributed by atoms with Gasteiger partial charge in [0, 0.05) is 46.6 Å². The van der Waals surface area contributed by atoms with Crippen molar-refractivity contribution in [2.75, 3.05) is 29.5 Å². The lowest BCUT2D eigenvalue weighted by atomic mass is 9.82. The summed E-state index contributed by atoms with van der Waals surface area (Å²) in [5, 5.41) is 4.73. The summed E-state index contributed by atoms with van der Waals surface area (Å²) in [7, 11) is 0. The van der Waals surface area contributed by atoms with Crippen LogP contribution in [0.5, 0.6) is 0 Å². The highest BCUT2D eigenvalue weighted by atomic mass is 32.2. The number of hydrogen-bond donors (Lipinski definition) is 0. The van der Waals surface area contributed by atoms with Crippen molar-refractivity contribution in [1.82, 2.24) is 9.78 Å². The summed E-state index contributed by atoms with van der Waals surface area (Å²) in [5.41, 5.74) is 2.85. The van der Waals surface area contributed by atoms with Gasteiger partial charge in [-0.05, 0) is 37.3 Å². The largest absolute Gasteiger partial charge is 0.370 e. The van der Waals surface area contributed by atoms with Crippen LogP contribution in [0.3, 0.4) is 0 Å². The summed E-state index contributed by atoms with van der Waals surface area (Å²) in [4.78, 5) is 2.38. The molecule has 3 heterocycles. The second-order valence-corrected chi connectivity index (χ2v) is 8.14. The summed E-state index contributed by atoms with van der Waals surface area (Å²) in [6.07, 6.45) is 1.50. The second kappa shape index (κ2) is 5.21. The molecule has 25 heavy (non-hydrogen) atoms. The van der Waals surface area contributed by atoms with Crippen molar-refractivity contribution in [3.05, 3.63) is 53.7 Å². The summed E-state index contributed by atoms with van der Waals surface area (Å²) in [5.74, 6) is 1.45. The molecule has 1 aromatic heterocycles. The molecule has 3 nitrogen and oxygen atoms in total. The quantitative estimate of drug-likeness (QED) is 0.687. The molecule has 3 aromatic rings. The van der Waals surface area contributed by atoms with Gasteiger partial charge in [-0.25, -0.2) is 13.5 Å². The molecule has 0 N–H and O–H groups in total. The summed E-state index contributed by atoms with van der Waals surface area (Å²) >= 11 is 2.02. The van der Waals surface area contributed by atoms with Crippen LogP contribution >= 0.6 is 11.8 Å². The van der Waals surface area contributed by atoms with Crippen LogP contribution in [0, 0.1) is 24.0 Å². The molecule has 2 aliphatic rings. The highest BCUT2D eigenvalue weighted by Crippen LogP contribution is 2.46. The molecule has 5 rings (SSSR count). The number of nitrogens with zero attached hydrogens (tertiary/aromatic N) is 3. The van der Waals surface area contributed by atoms with Crippen molar-refractivity contribution < 1.29 is 8.78 Å². The van der Waals surface area contributed by atoms with Gasteiger partial charge in [0.1, 0.15) is 11.3 Å². The van der Waals surface area contributed by atoms with E-state index in [1.807, 2.05) is 23.9 Å². The van der Waals surface area contributed by atoms with E-state index in [1.54, 1.807) is 4.68 Å². The second-order valence-electron chi connectivity index (χ2n) is 7.16. The van der Waals surface area contributed by atoms with E-state index >= 15 is 0 Å². The highest BCUT2D eigenvalue weighted by molar-refractivity contribution is 8.00. The highest BCUT2D eigenvalue weighted by Gasteiger charge is 2.48. The van der Waals surface area contributed by atoms with E-state index in [1.165, 1.54) is 36.4 Å². The van der Waals surface area contributed by atoms with Crippen LogP contribution < -0.4 is 4.90 Å². The molecule has 0 atom stereocenters. The minimum absolute atomic E-state index is 0.0233. The lowest BCUT2D eigenvalue weighted by molar-refractivity contribution is 0.273. The lowest BCUT2D eigenvalue weighted by Crippen LogP contribution is -2.63. The molecule has 0 unspecified atom stereocenters. The van der Waals surface area contributed by atoms with Crippen LogP contribution in [0.15, 0.2) is 36.5 Å². The number of benzene rings is 2. The normalized spacial score (nSPS) is 18.4. The molecule has 0 radical (unpaired) electrons. The van der Waals surface area contributed by atoms with Crippen molar-refractivity contribution in [2.24, 2.45) is 5.41 Å². The van der Waals surface area contributed by atoms with Crippen molar-refractivity contribution in [3.63, 3.8) is 0 Å². The molecule has 2 saturated heterocycles. The maximum atomic E-state index is 14.5. The number of aromatic nitrogens is 2. The Labute approximate surface area is 148 Å². The van der Waals surface area contributed by atoms with Gasteiger partial charge in [0.15, 0.2) is 5.82 Å². The number of thioether (sulfide) groups is 1. The average Bonchev–Trinajstić information content (AvgIpc) is 2.94. The zero-order valence-electron chi connectivity index (χ0n) is 13.8. The van der Waals surface area contributed by atoms with E-state index < -0.39 is 11.6 Å². The number of halogens is 2. The maximum absolute atomic E-state index is 14.5. The summed E-state index contributed by atoms with van der Waals surface area (Å²) in [6.45, 7) is 3.69. The first kappa shape index (κ1) is 15.2. The van der Waals surface area contributed by atoms with Gasteiger partial charge in [0.05, 0.1) is 11.9 Å². The summed E-state index contributed by atoms with van der Waals surface area (Å²) in [6, 6.07) is 9.33. The Morgan fingerprint density at radius 2 is 1.76 bits per heavy atom. The van der Waals surface area contributed by atoms with Crippen LogP contribution in [0.4, 0.5) is 14.5 Å². The first-order chi connectivity index (χ1) is 12.1. The number of hydrogen-bond acceptors (Lipinski definition) is 3. The molecular formula is C19H17F2N3S. The van der Waals surface area contributed by atoms with E-state index in [0.29, 0.717) is 16.3 Å². The lowest BCUT2D eigenvalue weighted by Gasteiger charge is -2.56. The minimum Gasteiger partial charge on any atom is -0.370 e. The smallest absolute Gasteiger partial charge is 0.155 e. The molecule has 2 fully saturated rings. The molecule has 128 valence electrons. The van der Waals surface area contributed by atoms with Gasteiger partial charge >= 0.3 is 0 Å². The number of rotatable bonds is 2. The molecule has 2 aliphatic heterocycles. The minimum atomic E-state index is -0.552. The summed E-state index contributed by atoms with van der Waals surface area (Å²) < 4.78 is 29.8. The Bertz CT molecular complexity index is 968. The fraction of sp³-hybridized carbons (Fsp3) is 0.316. The number of fused-ring (bicyclic) bond motifs is 1. The molecule has 1 spiro atoms. The van der Waals surface area contributed by atoms with Crippen LogP contribution in [-0.2, 0) is 0 Å². The predicted molar refractivity (Wildman–Crippen MR) is 97.7 cm³/mol. The van der Waals surface area contributed by atoms with Gasteiger partial charge in [-0.2, -0.15) is 16.9 Å². The molecule has 0 aliphatic carbocycles. The van der Waals surface area contributed by atoms with E-state index in [0.717, 1.165) is 18.8 Å². The predicted octanol–water partition coefficient (Wildman–Crippen LogP) is 4.17. The molecule has 6 heteroatoms. The Hall–Kier alpha value is -2.08. The first-order valence-electron chi connectivity index (χ1n) is 8.32. The Morgan fingerprint density at radius 3 is 2.40 bits per heavy atom. The van der Waals surface area contributed by atoms with Gasteiger partial charge in [-0.15, -0.1) is 0 Å². The van der Waals surface area contributed by atoms with E-state index in [2.05, 4.69) is 22.1 Å². The third kappa shape index (κ3) is 2.20. The van der Waals surface area contributed by atoms with E-state index in [-0.39, 0.29) is 5.56 Å².